The Morgan fingerprint density at radius 3 is 2.70 bits per heavy atom. The van der Waals surface area contributed by atoms with E-state index in [2.05, 4.69) is 17.6 Å². The van der Waals surface area contributed by atoms with E-state index < -0.39 is 0 Å². The van der Waals surface area contributed by atoms with Crippen LogP contribution in [0.5, 0.6) is 5.75 Å². The molecule has 4 nitrogen and oxygen atoms in total. The third kappa shape index (κ3) is 7.58. The smallest absolute Gasteiger partial charge is 0.257 e. The first kappa shape index (κ1) is 19.0. The molecule has 1 rings (SSSR count). The van der Waals surface area contributed by atoms with Crippen LogP contribution in [0, 0.1) is 6.92 Å². The molecule has 1 amide bonds. The van der Waals surface area contributed by atoms with Crippen LogP contribution in [-0.2, 0) is 4.79 Å². The number of amides is 1. The maximum absolute atomic E-state index is 11.5. The van der Waals surface area contributed by atoms with Crippen molar-refractivity contribution in [2.45, 2.75) is 20.3 Å². The van der Waals surface area contributed by atoms with Gasteiger partial charge in [0.2, 0.25) is 0 Å². The zero-order valence-electron chi connectivity index (χ0n) is 11.9. The number of benzene rings is 1. The van der Waals surface area contributed by atoms with E-state index in [4.69, 9.17) is 16.3 Å². The first-order valence-corrected chi connectivity index (χ1v) is 6.87. The van der Waals surface area contributed by atoms with Crippen molar-refractivity contribution in [2.24, 2.45) is 0 Å². The lowest BCUT2D eigenvalue weighted by Crippen LogP contribution is -2.35. The predicted octanol–water partition coefficient (Wildman–Crippen LogP) is 2.56. The molecular weight excluding hydrogens is 299 g/mol. The maximum atomic E-state index is 11.5. The van der Waals surface area contributed by atoms with E-state index in [0.29, 0.717) is 17.3 Å². The largest absolute Gasteiger partial charge is 0.484 e. The summed E-state index contributed by atoms with van der Waals surface area (Å²) >= 11 is 5.85. The second kappa shape index (κ2) is 10.8. The van der Waals surface area contributed by atoms with Crippen LogP contribution in [0.4, 0.5) is 0 Å². The molecular formula is C14H22Cl2N2O2. The number of carbonyl (C=O) groups is 1. The van der Waals surface area contributed by atoms with Crippen LogP contribution in [0.2, 0.25) is 5.02 Å². The number of ether oxygens (including phenoxy) is 1. The average molecular weight is 321 g/mol. The van der Waals surface area contributed by atoms with E-state index in [1.54, 1.807) is 12.1 Å². The van der Waals surface area contributed by atoms with Crippen molar-refractivity contribution in [2.75, 3.05) is 26.2 Å². The van der Waals surface area contributed by atoms with Gasteiger partial charge < -0.3 is 15.4 Å². The molecule has 0 saturated heterocycles. The molecule has 0 aliphatic heterocycles. The zero-order valence-corrected chi connectivity index (χ0v) is 13.4. The molecule has 0 aliphatic rings. The van der Waals surface area contributed by atoms with Crippen molar-refractivity contribution in [1.82, 2.24) is 10.6 Å². The van der Waals surface area contributed by atoms with Gasteiger partial charge in [-0.25, -0.2) is 0 Å². The van der Waals surface area contributed by atoms with Crippen molar-refractivity contribution >= 4 is 29.9 Å². The molecule has 6 heteroatoms. The van der Waals surface area contributed by atoms with E-state index in [-0.39, 0.29) is 24.9 Å². The third-order valence-corrected chi connectivity index (χ3v) is 2.78. The van der Waals surface area contributed by atoms with Gasteiger partial charge in [0.25, 0.3) is 5.91 Å². The van der Waals surface area contributed by atoms with Gasteiger partial charge in [0.1, 0.15) is 5.75 Å². The van der Waals surface area contributed by atoms with Crippen LogP contribution in [0.25, 0.3) is 0 Å². The number of halogens is 2. The van der Waals surface area contributed by atoms with Crippen LogP contribution in [0.1, 0.15) is 18.9 Å². The summed E-state index contributed by atoms with van der Waals surface area (Å²) in [6.45, 7) is 6.38. The number of hydrogen-bond donors (Lipinski definition) is 2. The summed E-state index contributed by atoms with van der Waals surface area (Å²) in [5.41, 5.74) is 0.921. The minimum absolute atomic E-state index is 0. The van der Waals surface area contributed by atoms with E-state index in [0.717, 1.165) is 25.1 Å². The summed E-state index contributed by atoms with van der Waals surface area (Å²) in [7, 11) is 0. The Bertz CT molecular complexity index is 414. The fourth-order valence-corrected chi connectivity index (χ4v) is 1.79. The second-order valence-electron chi connectivity index (χ2n) is 4.30. The molecule has 0 spiro atoms. The van der Waals surface area contributed by atoms with Gasteiger partial charge in [0.15, 0.2) is 6.61 Å². The highest BCUT2D eigenvalue weighted by molar-refractivity contribution is 6.30. The topological polar surface area (TPSA) is 50.4 Å². The lowest BCUT2D eigenvalue weighted by molar-refractivity contribution is -0.123. The van der Waals surface area contributed by atoms with Gasteiger partial charge in [-0.15, -0.1) is 12.4 Å². The minimum atomic E-state index is -0.118. The number of aryl methyl sites for hydroxylation is 1. The van der Waals surface area contributed by atoms with Crippen LogP contribution < -0.4 is 15.4 Å². The summed E-state index contributed by atoms with van der Waals surface area (Å²) < 4.78 is 5.44. The first-order valence-electron chi connectivity index (χ1n) is 6.50. The highest BCUT2D eigenvalue weighted by Gasteiger charge is 2.04. The highest BCUT2D eigenvalue weighted by Crippen LogP contribution is 2.21. The summed E-state index contributed by atoms with van der Waals surface area (Å²) in [5, 5.41) is 6.66. The SMILES string of the molecule is CCCNCCNC(=O)COc1ccc(Cl)cc1C.Cl. The Morgan fingerprint density at radius 1 is 1.30 bits per heavy atom. The van der Waals surface area contributed by atoms with E-state index in [1.165, 1.54) is 0 Å². The molecule has 2 N–H and O–H groups in total. The molecule has 0 radical (unpaired) electrons. The van der Waals surface area contributed by atoms with Gasteiger partial charge in [0.05, 0.1) is 0 Å². The average Bonchev–Trinajstić information content (AvgIpc) is 2.37. The van der Waals surface area contributed by atoms with E-state index >= 15 is 0 Å². The number of rotatable bonds is 8. The first-order chi connectivity index (χ1) is 9.13. The van der Waals surface area contributed by atoms with Crippen molar-refractivity contribution < 1.29 is 9.53 Å². The van der Waals surface area contributed by atoms with Gasteiger partial charge in [-0.05, 0) is 43.7 Å². The van der Waals surface area contributed by atoms with Gasteiger partial charge in [-0.2, -0.15) is 0 Å². The standard InChI is InChI=1S/C14H21ClN2O2.ClH/c1-3-6-16-7-8-17-14(18)10-19-13-5-4-12(15)9-11(13)2;/h4-5,9,16H,3,6-8,10H2,1-2H3,(H,17,18);1H. The number of hydrogen-bond acceptors (Lipinski definition) is 3. The molecule has 1 aromatic carbocycles. The molecule has 0 bridgehead atoms. The molecule has 0 aliphatic carbocycles. The molecule has 114 valence electrons. The molecule has 0 unspecified atom stereocenters. The quantitative estimate of drug-likeness (QED) is 0.724. The second-order valence-corrected chi connectivity index (χ2v) is 4.73. The number of nitrogens with one attached hydrogen (secondary N) is 2. The summed E-state index contributed by atoms with van der Waals surface area (Å²) in [5.74, 6) is 0.566. The predicted molar refractivity (Wildman–Crippen MR) is 85.1 cm³/mol. The Balaban J connectivity index is 0.00000361. The van der Waals surface area contributed by atoms with Crippen molar-refractivity contribution in [3.05, 3.63) is 28.8 Å². The van der Waals surface area contributed by atoms with E-state index in [9.17, 15) is 4.79 Å². The Hall–Kier alpha value is -0.970. The minimum Gasteiger partial charge on any atom is -0.484 e. The lowest BCUT2D eigenvalue weighted by atomic mass is 10.2. The van der Waals surface area contributed by atoms with E-state index in [1.807, 2.05) is 13.0 Å². The van der Waals surface area contributed by atoms with Gasteiger partial charge >= 0.3 is 0 Å². The van der Waals surface area contributed by atoms with Crippen LogP contribution >= 0.6 is 24.0 Å². The van der Waals surface area contributed by atoms with Crippen LogP contribution in [-0.4, -0.2) is 32.1 Å². The maximum Gasteiger partial charge on any atom is 0.257 e. The zero-order chi connectivity index (χ0) is 14.1. The van der Waals surface area contributed by atoms with Crippen molar-refractivity contribution in [3.8, 4) is 5.75 Å². The molecule has 0 fully saturated rings. The fourth-order valence-electron chi connectivity index (χ4n) is 1.56. The van der Waals surface area contributed by atoms with Crippen molar-refractivity contribution in [1.29, 1.82) is 0 Å². The Kier molecular flexibility index (Phi) is 10.3. The Morgan fingerprint density at radius 2 is 2.05 bits per heavy atom. The van der Waals surface area contributed by atoms with Crippen LogP contribution in [0.3, 0.4) is 0 Å². The molecule has 0 saturated carbocycles. The molecule has 0 atom stereocenters. The lowest BCUT2D eigenvalue weighted by Gasteiger charge is -2.10. The summed E-state index contributed by atoms with van der Waals surface area (Å²) in [6, 6.07) is 5.33. The summed E-state index contributed by atoms with van der Waals surface area (Å²) in [6.07, 6.45) is 1.09. The van der Waals surface area contributed by atoms with Gasteiger partial charge in [0, 0.05) is 18.1 Å². The van der Waals surface area contributed by atoms with Crippen molar-refractivity contribution in [3.63, 3.8) is 0 Å². The normalized spacial score (nSPS) is 9.75. The molecule has 0 aromatic heterocycles. The highest BCUT2D eigenvalue weighted by atomic mass is 35.5. The Labute approximate surface area is 131 Å². The fraction of sp³-hybridized carbons (Fsp3) is 0.500. The van der Waals surface area contributed by atoms with Crippen LogP contribution in [0.15, 0.2) is 18.2 Å². The van der Waals surface area contributed by atoms with Gasteiger partial charge in [-0.3, -0.25) is 4.79 Å². The molecule has 1 aromatic rings. The van der Waals surface area contributed by atoms with Gasteiger partial charge in [-0.1, -0.05) is 18.5 Å². The summed E-state index contributed by atoms with van der Waals surface area (Å²) in [4.78, 5) is 11.5. The number of carbonyl (C=O) groups excluding carboxylic acids is 1. The molecule has 0 heterocycles. The monoisotopic (exact) mass is 320 g/mol. The molecule has 20 heavy (non-hydrogen) atoms. The third-order valence-electron chi connectivity index (χ3n) is 2.55.